The highest BCUT2D eigenvalue weighted by atomic mass is 19.4. The zero-order valence-electron chi connectivity index (χ0n) is 19.6. The van der Waals surface area contributed by atoms with Crippen LogP contribution in [0.2, 0.25) is 0 Å². The molecule has 0 amide bonds. The number of fused-ring (bicyclic) bond motifs is 5. The van der Waals surface area contributed by atoms with Crippen molar-refractivity contribution in [2.24, 2.45) is 28.6 Å². The summed E-state index contributed by atoms with van der Waals surface area (Å²) in [6, 6.07) is 0. The molecule has 0 aliphatic heterocycles. The Hall–Kier alpha value is -2.11. The molecular weight excluding hydrogens is 476 g/mol. The van der Waals surface area contributed by atoms with Gasteiger partial charge in [0.1, 0.15) is 12.2 Å². The number of hydrogen-bond donors (Lipinski definition) is 4. The van der Waals surface area contributed by atoms with Gasteiger partial charge in [0.05, 0.1) is 6.10 Å². The summed E-state index contributed by atoms with van der Waals surface area (Å²) in [5.74, 6) is -4.88. The maximum atomic E-state index is 16.9. The summed E-state index contributed by atoms with van der Waals surface area (Å²) in [4.78, 5) is 33.3. The summed E-state index contributed by atoms with van der Waals surface area (Å²) in [6.07, 6.45) is -0.644. The number of aliphatic hydroxyl groups is 3. The third-order valence-corrected chi connectivity index (χ3v) is 9.03. The fourth-order valence-electron chi connectivity index (χ4n) is 7.26. The number of alkyl halides is 4. The molecule has 4 N–H and O–H groups in total. The molecule has 4 rings (SSSR count). The van der Waals surface area contributed by atoms with Crippen molar-refractivity contribution in [1.29, 1.82) is 0 Å². The standard InChI is InChI=1S/C22H29FO5.C2HF3O2/c1-12-8-16-15-5-4-13-9-14(25)6-7-19(13,2)21(15,23)17(26)10-20(16,3)22(12,28)18(27)11-24;3-2(4,5)1(6)7/h6-7,9,12,15-17,24,26,28H,4-5,8,10-11H2,1-3H3;(H,6,7)/t12-,15-,16-,17-,19-,20-,21-,22-;/m0./s1. The molecule has 4 aliphatic carbocycles. The Bertz CT molecular complexity index is 991. The number of carboxylic acids is 1. The molecule has 0 spiro atoms. The van der Waals surface area contributed by atoms with E-state index in [0.29, 0.717) is 24.8 Å². The normalized spacial score (nSPS) is 44.3. The lowest BCUT2D eigenvalue weighted by Crippen LogP contribution is -2.69. The molecule has 0 bridgehead atoms. The second-order valence-electron chi connectivity index (χ2n) is 10.6. The Morgan fingerprint density at radius 2 is 1.77 bits per heavy atom. The highest BCUT2D eigenvalue weighted by Gasteiger charge is 2.75. The summed E-state index contributed by atoms with van der Waals surface area (Å²) >= 11 is 0. The summed E-state index contributed by atoms with van der Waals surface area (Å²) < 4.78 is 48.6. The Morgan fingerprint density at radius 3 is 2.29 bits per heavy atom. The molecule has 4 aliphatic rings. The largest absolute Gasteiger partial charge is 0.490 e. The van der Waals surface area contributed by atoms with Crippen LogP contribution in [0.4, 0.5) is 17.6 Å². The molecule has 0 aromatic heterocycles. The van der Waals surface area contributed by atoms with E-state index in [0.717, 1.165) is 0 Å². The lowest BCUT2D eigenvalue weighted by atomic mass is 9.44. The Kier molecular flexibility index (Phi) is 6.66. The van der Waals surface area contributed by atoms with E-state index in [1.807, 2.05) is 0 Å². The Morgan fingerprint density at radius 1 is 1.20 bits per heavy atom. The molecule has 0 saturated heterocycles. The number of rotatable bonds is 2. The minimum Gasteiger partial charge on any atom is -0.475 e. The number of carbonyl (C=O) groups is 3. The van der Waals surface area contributed by atoms with Crippen molar-refractivity contribution in [3.63, 3.8) is 0 Å². The van der Waals surface area contributed by atoms with Crippen LogP contribution in [0, 0.1) is 28.6 Å². The second kappa shape index (κ2) is 8.48. The van der Waals surface area contributed by atoms with E-state index in [9.17, 15) is 38.1 Å². The van der Waals surface area contributed by atoms with Crippen LogP contribution in [-0.2, 0) is 14.4 Å². The molecule has 0 aromatic rings. The van der Waals surface area contributed by atoms with Crippen LogP contribution < -0.4 is 0 Å². The van der Waals surface area contributed by atoms with Gasteiger partial charge in [-0.2, -0.15) is 13.2 Å². The first-order chi connectivity index (χ1) is 15.9. The number of carbonyl (C=O) groups excluding carboxylic acids is 2. The van der Waals surface area contributed by atoms with Gasteiger partial charge in [0.2, 0.25) is 0 Å². The summed E-state index contributed by atoms with van der Waals surface area (Å²) in [7, 11) is 0. The van der Waals surface area contributed by atoms with Gasteiger partial charge in [0, 0.05) is 16.7 Å². The molecule has 3 saturated carbocycles. The van der Waals surface area contributed by atoms with Crippen LogP contribution in [0.1, 0.15) is 46.5 Å². The van der Waals surface area contributed by atoms with Crippen molar-refractivity contribution >= 4 is 17.5 Å². The van der Waals surface area contributed by atoms with Crippen LogP contribution in [-0.4, -0.2) is 68.1 Å². The number of allylic oxidation sites excluding steroid dienone is 4. The molecule has 35 heavy (non-hydrogen) atoms. The highest BCUT2D eigenvalue weighted by molar-refractivity contribution is 6.01. The van der Waals surface area contributed by atoms with Crippen LogP contribution in [0.5, 0.6) is 0 Å². The topological polar surface area (TPSA) is 132 Å². The molecule has 11 heteroatoms. The van der Waals surface area contributed by atoms with Crippen LogP contribution in [0.15, 0.2) is 23.8 Å². The average Bonchev–Trinajstić information content (AvgIpc) is 2.96. The van der Waals surface area contributed by atoms with Crippen molar-refractivity contribution in [2.75, 3.05) is 6.61 Å². The number of aliphatic carboxylic acids is 1. The van der Waals surface area contributed by atoms with Crippen LogP contribution >= 0.6 is 0 Å². The predicted octanol–water partition coefficient (Wildman–Crippen LogP) is 2.53. The van der Waals surface area contributed by atoms with Crippen molar-refractivity contribution in [3.05, 3.63) is 23.8 Å². The summed E-state index contributed by atoms with van der Waals surface area (Å²) in [6.45, 7) is 4.48. The zero-order valence-corrected chi connectivity index (χ0v) is 19.6. The van der Waals surface area contributed by atoms with Crippen LogP contribution in [0.25, 0.3) is 0 Å². The molecule has 0 radical (unpaired) electrons. The first-order valence-corrected chi connectivity index (χ1v) is 11.4. The van der Waals surface area contributed by atoms with Crippen molar-refractivity contribution < 1.29 is 52.4 Å². The first kappa shape index (κ1) is 27.5. The quantitative estimate of drug-likeness (QED) is 0.423. The van der Waals surface area contributed by atoms with Gasteiger partial charge in [-0.15, -0.1) is 0 Å². The SMILES string of the molecule is C[C@H]1C[C@H]2[C@@H]3CCC4=CC(=O)C=C[C@]4(C)[C@@]3(F)[C@@H](O)C[C@]2(C)[C@@]1(O)C(=O)CO.O=C(O)C(F)(F)F. The van der Waals surface area contributed by atoms with E-state index in [1.54, 1.807) is 26.8 Å². The minimum atomic E-state index is -5.08. The molecule has 8 atom stereocenters. The number of hydrogen-bond acceptors (Lipinski definition) is 6. The van der Waals surface area contributed by atoms with E-state index in [1.165, 1.54) is 12.2 Å². The third kappa shape index (κ3) is 3.69. The molecule has 0 heterocycles. The summed E-state index contributed by atoms with van der Waals surface area (Å²) in [5, 5.41) is 39.1. The molecule has 7 nitrogen and oxygen atoms in total. The molecule has 196 valence electrons. The van der Waals surface area contributed by atoms with Gasteiger partial charge < -0.3 is 20.4 Å². The number of carboxylic acid groups (broad SMARTS) is 1. The lowest BCUT2D eigenvalue weighted by Gasteiger charge is -2.62. The first-order valence-electron chi connectivity index (χ1n) is 11.4. The van der Waals surface area contributed by atoms with Crippen molar-refractivity contribution in [3.8, 4) is 0 Å². The van der Waals surface area contributed by atoms with Gasteiger partial charge in [-0.1, -0.05) is 25.5 Å². The van der Waals surface area contributed by atoms with Crippen molar-refractivity contribution in [2.45, 2.75) is 70.0 Å². The Balaban J connectivity index is 0.000000429. The van der Waals surface area contributed by atoms with E-state index in [4.69, 9.17) is 9.90 Å². The Labute approximate surface area is 199 Å². The van der Waals surface area contributed by atoms with E-state index >= 15 is 4.39 Å². The van der Waals surface area contributed by atoms with E-state index in [2.05, 4.69) is 0 Å². The van der Waals surface area contributed by atoms with E-state index in [-0.39, 0.29) is 18.1 Å². The highest BCUT2D eigenvalue weighted by Crippen LogP contribution is 2.70. The van der Waals surface area contributed by atoms with Gasteiger partial charge >= 0.3 is 12.1 Å². The second-order valence-corrected chi connectivity index (χ2v) is 10.6. The van der Waals surface area contributed by atoms with Crippen LogP contribution in [0.3, 0.4) is 0 Å². The number of aliphatic hydroxyl groups excluding tert-OH is 2. The number of Topliss-reactive ketones (excluding diaryl/α,β-unsaturated/α-hetero) is 1. The van der Waals surface area contributed by atoms with Crippen molar-refractivity contribution in [1.82, 2.24) is 0 Å². The fraction of sp³-hybridized carbons (Fsp3) is 0.708. The smallest absolute Gasteiger partial charge is 0.475 e. The molecule has 3 fully saturated rings. The van der Waals surface area contributed by atoms with Gasteiger partial charge in [0.25, 0.3) is 0 Å². The lowest BCUT2D eigenvalue weighted by molar-refractivity contribution is -0.219. The maximum Gasteiger partial charge on any atom is 0.490 e. The number of halogens is 4. The zero-order chi connectivity index (χ0) is 26.8. The van der Waals surface area contributed by atoms with Gasteiger partial charge in [-0.05, 0) is 56.6 Å². The predicted molar refractivity (Wildman–Crippen MR) is 114 cm³/mol. The van der Waals surface area contributed by atoms with Gasteiger partial charge in [0.15, 0.2) is 17.2 Å². The van der Waals surface area contributed by atoms with Gasteiger partial charge in [-0.3, -0.25) is 9.59 Å². The van der Waals surface area contributed by atoms with Gasteiger partial charge in [-0.25, -0.2) is 9.18 Å². The third-order valence-electron chi connectivity index (χ3n) is 9.03. The van der Waals surface area contributed by atoms with E-state index < -0.39 is 64.6 Å². The number of ketones is 2. The molecular formula is C24H30F4O7. The molecule has 0 unspecified atom stereocenters. The molecule has 0 aromatic carbocycles. The minimum absolute atomic E-state index is 0.0676. The fourth-order valence-corrected chi connectivity index (χ4v) is 7.26. The monoisotopic (exact) mass is 506 g/mol. The average molecular weight is 506 g/mol. The maximum absolute atomic E-state index is 16.9. The summed E-state index contributed by atoms with van der Waals surface area (Å²) in [5.41, 5.74) is -5.17.